The standard InChI is InChI=1S/C9H12N2/c1-3-5-8-6-7-10-9(4-2)11-8/h3,5-7H,4H2,1-2H3/b5-3+. The van der Waals surface area contributed by atoms with Crippen molar-refractivity contribution in [3.8, 4) is 0 Å². The quantitative estimate of drug-likeness (QED) is 0.641. The molecule has 0 unspecified atom stereocenters. The van der Waals surface area contributed by atoms with E-state index >= 15 is 0 Å². The number of nitrogens with zero attached hydrogens (tertiary/aromatic N) is 2. The number of aromatic nitrogens is 2. The van der Waals surface area contributed by atoms with Crippen LogP contribution in [0.1, 0.15) is 25.4 Å². The molecule has 0 aliphatic heterocycles. The lowest BCUT2D eigenvalue weighted by Gasteiger charge is -1.95. The summed E-state index contributed by atoms with van der Waals surface area (Å²) in [6, 6.07) is 1.90. The zero-order chi connectivity index (χ0) is 8.10. The Bertz CT molecular complexity index is 253. The van der Waals surface area contributed by atoms with Gasteiger partial charge in [0.05, 0.1) is 5.69 Å². The third kappa shape index (κ3) is 2.15. The van der Waals surface area contributed by atoms with Gasteiger partial charge in [-0.05, 0) is 19.1 Å². The van der Waals surface area contributed by atoms with Gasteiger partial charge in [0.25, 0.3) is 0 Å². The van der Waals surface area contributed by atoms with Crippen molar-refractivity contribution in [3.63, 3.8) is 0 Å². The highest BCUT2D eigenvalue weighted by atomic mass is 14.9. The fourth-order valence-electron chi connectivity index (χ4n) is 0.849. The SMILES string of the molecule is C/C=C/c1ccnc(CC)n1. The molecule has 11 heavy (non-hydrogen) atoms. The van der Waals surface area contributed by atoms with Crippen LogP contribution in [-0.2, 0) is 6.42 Å². The zero-order valence-electron chi connectivity index (χ0n) is 6.91. The van der Waals surface area contributed by atoms with Crippen LogP contribution in [0, 0.1) is 0 Å². The molecule has 0 saturated carbocycles. The van der Waals surface area contributed by atoms with E-state index in [0.717, 1.165) is 17.9 Å². The maximum atomic E-state index is 4.28. The van der Waals surface area contributed by atoms with Crippen molar-refractivity contribution in [2.24, 2.45) is 0 Å². The molecule has 1 heterocycles. The summed E-state index contributed by atoms with van der Waals surface area (Å²) in [5.41, 5.74) is 0.986. The number of aryl methyl sites for hydroxylation is 1. The van der Waals surface area contributed by atoms with Crippen LogP contribution in [0.3, 0.4) is 0 Å². The summed E-state index contributed by atoms with van der Waals surface area (Å²) < 4.78 is 0. The van der Waals surface area contributed by atoms with E-state index in [-0.39, 0.29) is 0 Å². The van der Waals surface area contributed by atoms with E-state index in [4.69, 9.17) is 0 Å². The Hall–Kier alpha value is -1.18. The van der Waals surface area contributed by atoms with Crippen LogP contribution in [0.15, 0.2) is 18.3 Å². The van der Waals surface area contributed by atoms with Gasteiger partial charge in [0, 0.05) is 12.6 Å². The van der Waals surface area contributed by atoms with Crippen molar-refractivity contribution in [3.05, 3.63) is 29.9 Å². The van der Waals surface area contributed by atoms with Crippen molar-refractivity contribution >= 4 is 6.08 Å². The van der Waals surface area contributed by atoms with Gasteiger partial charge in [0.1, 0.15) is 5.82 Å². The van der Waals surface area contributed by atoms with E-state index in [9.17, 15) is 0 Å². The van der Waals surface area contributed by atoms with Gasteiger partial charge < -0.3 is 0 Å². The van der Waals surface area contributed by atoms with E-state index in [1.807, 2.05) is 25.1 Å². The van der Waals surface area contributed by atoms with Crippen LogP contribution in [0.5, 0.6) is 0 Å². The predicted octanol–water partition coefficient (Wildman–Crippen LogP) is 2.07. The highest BCUT2D eigenvalue weighted by Crippen LogP contribution is 1.98. The van der Waals surface area contributed by atoms with Gasteiger partial charge in [-0.15, -0.1) is 0 Å². The number of hydrogen-bond donors (Lipinski definition) is 0. The Labute approximate surface area is 67.0 Å². The maximum absolute atomic E-state index is 4.28. The van der Waals surface area contributed by atoms with Crippen LogP contribution in [0.4, 0.5) is 0 Å². The first kappa shape index (κ1) is 7.92. The van der Waals surface area contributed by atoms with Gasteiger partial charge in [0.2, 0.25) is 0 Å². The van der Waals surface area contributed by atoms with Crippen LogP contribution in [-0.4, -0.2) is 9.97 Å². The van der Waals surface area contributed by atoms with E-state index in [1.165, 1.54) is 0 Å². The van der Waals surface area contributed by atoms with E-state index in [2.05, 4.69) is 16.9 Å². The Balaban J connectivity index is 2.91. The van der Waals surface area contributed by atoms with Crippen molar-refractivity contribution in [2.45, 2.75) is 20.3 Å². The molecule has 0 atom stereocenters. The van der Waals surface area contributed by atoms with Gasteiger partial charge in [-0.25, -0.2) is 9.97 Å². The second-order valence-corrected chi connectivity index (χ2v) is 2.25. The molecule has 0 aromatic carbocycles. The summed E-state index contributed by atoms with van der Waals surface area (Å²) in [6.45, 7) is 4.03. The van der Waals surface area contributed by atoms with Crippen LogP contribution < -0.4 is 0 Å². The minimum absolute atomic E-state index is 0.894. The smallest absolute Gasteiger partial charge is 0.128 e. The first-order valence-electron chi connectivity index (χ1n) is 3.81. The van der Waals surface area contributed by atoms with Gasteiger partial charge in [-0.3, -0.25) is 0 Å². The summed E-state index contributed by atoms with van der Waals surface area (Å²) in [5, 5.41) is 0. The second kappa shape index (κ2) is 3.86. The first-order valence-corrected chi connectivity index (χ1v) is 3.81. The molecule has 0 aliphatic rings. The molecule has 58 valence electrons. The lowest BCUT2D eigenvalue weighted by molar-refractivity contribution is 0.933. The molecule has 0 radical (unpaired) electrons. The van der Waals surface area contributed by atoms with Crippen molar-refractivity contribution in [1.29, 1.82) is 0 Å². The Morgan fingerprint density at radius 1 is 1.55 bits per heavy atom. The van der Waals surface area contributed by atoms with Gasteiger partial charge in [0.15, 0.2) is 0 Å². The normalized spacial score (nSPS) is 10.7. The molecule has 1 rings (SSSR count). The van der Waals surface area contributed by atoms with Gasteiger partial charge >= 0.3 is 0 Å². The minimum atomic E-state index is 0.894. The van der Waals surface area contributed by atoms with Crippen molar-refractivity contribution in [2.75, 3.05) is 0 Å². The lowest BCUT2D eigenvalue weighted by atomic mass is 10.3. The molecule has 0 N–H and O–H groups in total. The molecule has 0 amide bonds. The lowest BCUT2D eigenvalue weighted by Crippen LogP contribution is -1.92. The monoisotopic (exact) mass is 148 g/mol. The average Bonchev–Trinajstić information content (AvgIpc) is 2.06. The number of allylic oxidation sites excluding steroid dienone is 1. The highest BCUT2D eigenvalue weighted by molar-refractivity contribution is 5.42. The topological polar surface area (TPSA) is 25.8 Å². The van der Waals surface area contributed by atoms with Crippen LogP contribution in [0.25, 0.3) is 6.08 Å². The summed E-state index contributed by atoms with van der Waals surface area (Å²) >= 11 is 0. The van der Waals surface area contributed by atoms with Gasteiger partial charge in [-0.1, -0.05) is 13.0 Å². The summed E-state index contributed by atoms with van der Waals surface area (Å²) in [6.07, 6.45) is 6.63. The summed E-state index contributed by atoms with van der Waals surface area (Å²) in [5.74, 6) is 0.903. The molecule has 0 spiro atoms. The van der Waals surface area contributed by atoms with Crippen LogP contribution in [0.2, 0.25) is 0 Å². The van der Waals surface area contributed by atoms with Gasteiger partial charge in [-0.2, -0.15) is 0 Å². The molecule has 2 heteroatoms. The third-order valence-electron chi connectivity index (χ3n) is 1.38. The Morgan fingerprint density at radius 2 is 2.36 bits per heavy atom. The molecule has 1 aromatic heterocycles. The Morgan fingerprint density at radius 3 is 3.00 bits per heavy atom. The van der Waals surface area contributed by atoms with E-state index in [0.29, 0.717) is 0 Å². The molecule has 0 saturated heterocycles. The summed E-state index contributed by atoms with van der Waals surface area (Å²) in [7, 11) is 0. The third-order valence-corrected chi connectivity index (χ3v) is 1.38. The average molecular weight is 148 g/mol. The molecule has 2 nitrogen and oxygen atoms in total. The van der Waals surface area contributed by atoms with Crippen molar-refractivity contribution < 1.29 is 0 Å². The minimum Gasteiger partial charge on any atom is -0.241 e. The molecular weight excluding hydrogens is 136 g/mol. The molecule has 0 fully saturated rings. The van der Waals surface area contributed by atoms with E-state index in [1.54, 1.807) is 6.20 Å². The van der Waals surface area contributed by atoms with E-state index < -0.39 is 0 Å². The molecule has 1 aromatic rings. The van der Waals surface area contributed by atoms with Crippen LogP contribution >= 0.6 is 0 Å². The summed E-state index contributed by atoms with van der Waals surface area (Å²) in [4.78, 5) is 8.38. The maximum Gasteiger partial charge on any atom is 0.128 e. The predicted molar refractivity (Wildman–Crippen MR) is 46.1 cm³/mol. The first-order chi connectivity index (χ1) is 5.36. The Kier molecular flexibility index (Phi) is 2.78. The molecule has 0 bridgehead atoms. The number of rotatable bonds is 2. The largest absolute Gasteiger partial charge is 0.241 e. The fourth-order valence-corrected chi connectivity index (χ4v) is 0.849. The fraction of sp³-hybridized carbons (Fsp3) is 0.333. The number of hydrogen-bond acceptors (Lipinski definition) is 2. The zero-order valence-corrected chi connectivity index (χ0v) is 6.91. The second-order valence-electron chi connectivity index (χ2n) is 2.25. The van der Waals surface area contributed by atoms with Crippen molar-refractivity contribution in [1.82, 2.24) is 9.97 Å². The highest BCUT2D eigenvalue weighted by Gasteiger charge is 1.91. The molecular formula is C9H12N2. The molecule has 0 aliphatic carbocycles.